The van der Waals surface area contributed by atoms with Crippen molar-refractivity contribution >= 4 is 5.97 Å². The summed E-state index contributed by atoms with van der Waals surface area (Å²) >= 11 is 0. The average molecular weight is 247 g/mol. The van der Waals surface area contributed by atoms with Crippen LogP contribution in [0.5, 0.6) is 0 Å². The van der Waals surface area contributed by atoms with Crippen molar-refractivity contribution in [1.29, 1.82) is 0 Å². The molecule has 0 aromatic heterocycles. The van der Waals surface area contributed by atoms with Crippen LogP contribution in [0.2, 0.25) is 0 Å². The Balaban J connectivity index is 1.99. The van der Waals surface area contributed by atoms with Crippen molar-refractivity contribution in [1.82, 2.24) is 4.90 Å². The Bertz CT molecular complexity index is 417. The quantitative estimate of drug-likeness (QED) is 0.869. The van der Waals surface area contributed by atoms with Gasteiger partial charge in [0.15, 0.2) is 0 Å². The van der Waals surface area contributed by atoms with Gasteiger partial charge in [0, 0.05) is 12.5 Å². The first-order valence-corrected chi connectivity index (χ1v) is 6.70. The van der Waals surface area contributed by atoms with Gasteiger partial charge in [-0.05, 0) is 50.4 Å². The first-order valence-electron chi connectivity index (χ1n) is 6.70. The molecule has 3 heteroatoms. The fraction of sp³-hybridized carbons (Fsp3) is 0.533. The zero-order valence-corrected chi connectivity index (χ0v) is 10.9. The molecule has 0 amide bonds. The van der Waals surface area contributed by atoms with Crippen molar-refractivity contribution in [3.05, 3.63) is 35.4 Å². The first kappa shape index (κ1) is 13.1. The van der Waals surface area contributed by atoms with Crippen LogP contribution in [0.1, 0.15) is 42.9 Å². The number of aryl methyl sites for hydroxylation is 1. The summed E-state index contributed by atoms with van der Waals surface area (Å²) in [6.45, 7) is 4.15. The summed E-state index contributed by atoms with van der Waals surface area (Å²) < 4.78 is 0. The van der Waals surface area contributed by atoms with E-state index in [1.54, 1.807) is 0 Å². The molecule has 0 aliphatic carbocycles. The highest BCUT2D eigenvalue weighted by atomic mass is 16.4. The predicted octanol–water partition coefficient (Wildman–Crippen LogP) is 3.00. The zero-order valence-electron chi connectivity index (χ0n) is 10.9. The fourth-order valence-electron chi connectivity index (χ4n) is 2.84. The summed E-state index contributed by atoms with van der Waals surface area (Å²) in [5, 5.41) is 8.70. The van der Waals surface area contributed by atoms with Crippen LogP contribution in [0.25, 0.3) is 0 Å². The van der Waals surface area contributed by atoms with Crippen molar-refractivity contribution in [3.63, 3.8) is 0 Å². The van der Waals surface area contributed by atoms with Crippen molar-refractivity contribution < 1.29 is 9.90 Å². The molecule has 0 spiro atoms. The molecule has 1 aliphatic rings. The number of nitrogens with zero attached hydrogens (tertiary/aromatic N) is 1. The van der Waals surface area contributed by atoms with Gasteiger partial charge in [-0.25, -0.2) is 0 Å². The maximum absolute atomic E-state index is 10.6. The van der Waals surface area contributed by atoms with Gasteiger partial charge >= 0.3 is 5.97 Å². The molecule has 98 valence electrons. The molecule has 0 bridgehead atoms. The molecule has 1 N–H and O–H groups in total. The van der Waals surface area contributed by atoms with Crippen molar-refractivity contribution in [2.75, 3.05) is 13.1 Å². The fourth-order valence-corrected chi connectivity index (χ4v) is 2.84. The molecule has 1 atom stereocenters. The van der Waals surface area contributed by atoms with Crippen LogP contribution in [0.3, 0.4) is 0 Å². The first-order chi connectivity index (χ1) is 8.68. The van der Waals surface area contributed by atoms with E-state index in [1.807, 2.05) is 0 Å². The Labute approximate surface area is 108 Å². The molecule has 1 aromatic rings. The largest absolute Gasteiger partial charge is 0.481 e. The number of rotatable bonds is 5. The van der Waals surface area contributed by atoms with E-state index in [4.69, 9.17) is 5.11 Å². The van der Waals surface area contributed by atoms with E-state index in [0.717, 1.165) is 19.5 Å². The Morgan fingerprint density at radius 2 is 2.22 bits per heavy atom. The van der Waals surface area contributed by atoms with Gasteiger partial charge in [0.2, 0.25) is 0 Å². The van der Waals surface area contributed by atoms with Crippen LogP contribution in [0.15, 0.2) is 24.3 Å². The number of carbonyl (C=O) groups is 1. The Hall–Kier alpha value is -1.35. The third-order valence-electron chi connectivity index (χ3n) is 3.75. The van der Waals surface area contributed by atoms with E-state index in [1.165, 1.54) is 24.0 Å². The van der Waals surface area contributed by atoms with Gasteiger partial charge in [0.25, 0.3) is 0 Å². The van der Waals surface area contributed by atoms with Crippen LogP contribution in [-0.2, 0) is 4.79 Å². The predicted molar refractivity (Wildman–Crippen MR) is 71.6 cm³/mol. The standard InChI is InChI=1S/C15H21NO2/c1-12-6-2-3-7-13(12)14-8-4-10-16(14)11-5-9-15(17)18/h2-3,6-7,14H,4-5,8-11H2,1H3,(H,17,18)/t14-/m1/s1. The molecule has 1 saturated heterocycles. The number of likely N-dealkylation sites (tertiary alicyclic amines) is 1. The van der Waals surface area contributed by atoms with E-state index < -0.39 is 5.97 Å². The summed E-state index contributed by atoms with van der Waals surface area (Å²) in [7, 11) is 0. The normalized spacial score (nSPS) is 20.2. The Kier molecular flexibility index (Phi) is 4.37. The molecule has 0 saturated carbocycles. The summed E-state index contributed by atoms with van der Waals surface area (Å²) in [5.74, 6) is -0.693. The maximum atomic E-state index is 10.6. The Morgan fingerprint density at radius 3 is 2.94 bits per heavy atom. The summed E-state index contributed by atoms with van der Waals surface area (Å²) in [5.41, 5.74) is 2.75. The molecule has 18 heavy (non-hydrogen) atoms. The molecule has 0 unspecified atom stereocenters. The molecule has 1 heterocycles. The van der Waals surface area contributed by atoms with E-state index in [0.29, 0.717) is 6.04 Å². The third-order valence-corrected chi connectivity index (χ3v) is 3.75. The molecule has 1 aliphatic heterocycles. The minimum Gasteiger partial charge on any atom is -0.481 e. The second-order valence-electron chi connectivity index (χ2n) is 5.05. The lowest BCUT2D eigenvalue weighted by Crippen LogP contribution is -2.25. The lowest BCUT2D eigenvalue weighted by molar-refractivity contribution is -0.137. The number of hydrogen-bond donors (Lipinski definition) is 1. The van der Waals surface area contributed by atoms with Gasteiger partial charge in [0.05, 0.1) is 0 Å². The lowest BCUT2D eigenvalue weighted by atomic mass is 9.99. The topological polar surface area (TPSA) is 40.5 Å². The highest BCUT2D eigenvalue weighted by molar-refractivity contribution is 5.66. The van der Waals surface area contributed by atoms with E-state index >= 15 is 0 Å². The lowest BCUT2D eigenvalue weighted by Gasteiger charge is -2.25. The molecular formula is C15H21NO2. The Morgan fingerprint density at radius 1 is 1.44 bits per heavy atom. The summed E-state index contributed by atoms with van der Waals surface area (Å²) in [4.78, 5) is 13.0. The summed E-state index contributed by atoms with van der Waals surface area (Å²) in [6, 6.07) is 9.01. The number of benzene rings is 1. The molecule has 0 radical (unpaired) electrons. The minimum absolute atomic E-state index is 0.275. The van der Waals surface area contributed by atoms with Gasteiger partial charge in [-0.2, -0.15) is 0 Å². The third kappa shape index (κ3) is 3.10. The van der Waals surface area contributed by atoms with Crippen LogP contribution in [0, 0.1) is 6.92 Å². The molecular weight excluding hydrogens is 226 g/mol. The van der Waals surface area contributed by atoms with Gasteiger partial charge in [-0.1, -0.05) is 24.3 Å². The smallest absolute Gasteiger partial charge is 0.303 e. The van der Waals surface area contributed by atoms with Crippen molar-refractivity contribution in [2.24, 2.45) is 0 Å². The maximum Gasteiger partial charge on any atom is 0.303 e. The van der Waals surface area contributed by atoms with Gasteiger partial charge in [0.1, 0.15) is 0 Å². The van der Waals surface area contributed by atoms with E-state index in [2.05, 4.69) is 36.1 Å². The van der Waals surface area contributed by atoms with E-state index in [9.17, 15) is 4.79 Å². The van der Waals surface area contributed by atoms with Gasteiger partial charge in [-0.15, -0.1) is 0 Å². The van der Waals surface area contributed by atoms with Crippen molar-refractivity contribution in [2.45, 2.75) is 38.6 Å². The van der Waals surface area contributed by atoms with Crippen molar-refractivity contribution in [3.8, 4) is 0 Å². The van der Waals surface area contributed by atoms with Crippen LogP contribution in [-0.4, -0.2) is 29.1 Å². The second kappa shape index (κ2) is 6.01. The monoisotopic (exact) mass is 247 g/mol. The van der Waals surface area contributed by atoms with Gasteiger partial charge in [-0.3, -0.25) is 9.69 Å². The number of hydrogen-bond acceptors (Lipinski definition) is 2. The molecule has 2 rings (SSSR count). The number of carboxylic acid groups (broad SMARTS) is 1. The van der Waals surface area contributed by atoms with Crippen LogP contribution < -0.4 is 0 Å². The minimum atomic E-state index is -0.693. The van der Waals surface area contributed by atoms with Crippen LogP contribution >= 0.6 is 0 Å². The zero-order chi connectivity index (χ0) is 13.0. The average Bonchev–Trinajstić information content (AvgIpc) is 2.77. The molecule has 3 nitrogen and oxygen atoms in total. The van der Waals surface area contributed by atoms with E-state index in [-0.39, 0.29) is 6.42 Å². The summed E-state index contributed by atoms with van der Waals surface area (Å²) in [6.07, 6.45) is 3.43. The SMILES string of the molecule is Cc1ccccc1[C@H]1CCCN1CCCC(=O)O. The van der Waals surface area contributed by atoms with Crippen LogP contribution in [0.4, 0.5) is 0 Å². The highest BCUT2D eigenvalue weighted by Gasteiger charge is 2.26. The highest BCUT2D eigenvalue weighted by Crippen LogP contribution is 2.33. The number of carboxylic acids is 1. The molecule has 1 fully saturated rings. The molecule has 1 aromatic carbocycles. The second-order valence-corrected chi connectivity index (χ2v) is 5.05. The number of aliphatic carboxylic acids is 1. The van der Waals surface area contributed by atoms with Gasteiger partial charge < -0.3 is 5.11 Å².